The standard InChI is InChI=1S/C26H27F3N8O2S/c1-5-40-17-9-8-16(30-11-17)10-31-22-25(38)37(14(3)26(27,28)29)23-19(35-22)13(2)34-21(36-23)18-20(15-6-7-15)32-12-33-24(18)39-4/h8-9,11-12,14-15H,5-7,10H2,1-4H3,(H,31,35)/t14-/m0/s1. The summed E-state index contributed by atoms with van der Waals surface area (Å²) in [5, 5.41) is 2.87. The van der Waals surface area contributed by atoms with Gasteiger partial charge in [-0.15, -0.1) is 11.8 Å². The van der Waals surface area contributed by atoms with Crippen LogP contribution in [0.5, 0.6) is 5.88 Å². The first kappa shape index (κ1) is 27.7. The van der Waals surface area contributed by atoms with Crippen molar-refractivity contribution in [1.29, 1.82) is 0 Å². The highest BCUT2D eigenvalue weighted by Crippen LogP contribution is 2.45. The van der Waals surface area contributed by atoms with Crippen molar-refractivity contribution in [2.75, 3.05) is 18.2 Å². The van der Waals surface area contributed by atoms with Crippen LogP contribution < -0.4 is 15.6 Å². The molecule has 4 aromatic heterocycles. The lowest BCUT2D eigenvalue weighted by Crippen LogP contribution is -2.35. The van der Waals surface area contributed by atoms with E-state index in [2.05, 4.69) is 35.2 Å². The molecule has 0 spiro atoms. The van der Waals surface area contributed by atoms with Crippen LogP contribution >= 0.6 is 11.8 Å². The summed E-state index contributed by atoms with van der Waals surface area (Å²) in [5.41, 5.74) is 0.808. The van der Waals surface area contributed by atoms with Gasteiger partial charge in [0, 0.05) is 17.0 Å². The number of anilines is 1. The van der Waals surface area contributed by atoms with Gasteiger partial charge in [-0.05, 0) is 44.6 Å². The van der Waals surface area contributed by atoms with Crippen LogP contribution in [0.2, 0.25) is 0 Å². The van der Waals surface area contributed by atoms with Crippen molar-refractivity contribution in [1.82, 2.24) is 34.5 Å². The Morgan fingerprint density at radius 2 is 1.95 bits per heavy atom. The van der Waals surface area contributed by atoms with E-state index in [9.17, 15) is 18.0 Å². The van der Waals surface area contributed by atoms with Gasteiger partial charge in [-0.3, -0.25) is 14.3 Å². The molecule has 1 fully saturated rings. The molecule has 0 unspecified atom stereocenters. The molecule has 4 aromatic rings. The number of nitrogens with one attached hydrogen (secondary N) is 1. The summed E-state index contributed by atoms with van der Waals surface area (Å²) in [6.45, 7) is 4.64. The van der Waals surface area contributed by atoms with Crippen LogP contribution in [0.4, 0.5) is 19.0 Å². The zero-order valence-electron chi connectivity index (χ0n) is 22.3. The number of halogens is 3. The Balaban J connectivity index is 1.64. The Hall–Kier alpha value is -3.81. The molecule has 1 aliphatic rings. The molecule has 1 saturated carbocycles. The molecule has 4 heterocycles. The summed E-state index contributed by atoms with van der Waals surface area (Å²) in [6, 6.07) is 1.50. The van der Waals surface area contributed by atoms with Crippen molar-refractivity contribution in [3.8, 4) is 17.3 Å². The Morgan fingerprint density at radius 3 is 2.58 bits per heavy atom. The topological polar surface area (TPSA) is 121 Å². The Bertz CT molecular complexity index is 1610. The van der Waals surface area contributed by atoms with Gasteiger partial charge in [-0.25, -0.2) is 24.9 Å². The molecular weight excluding hydrogens is 545 g/mol. The number of aryl methyl sites for hydroxylation is 1. The van der Waals surface area contributed by atoms with Gasteiger partial charge in [0.15, 0.2) is 17.3 Å². The largest absolute Gasteiger partial charge is 0.480 e. The second-order valence-corrected chi connectivity index (χ2v) is 10.7. The Morgan fingerprint density at radius 1 is 1.18 bits per heavy atom. The Labute approximate surface area is 231 Å². The minimum absolute atomic E-state index is 0.0633. The third-order valence-corrected chi connectivity index (χ3v) is 7.41. The maximum atomic E-state index is 14.1. The van der Waals surface area contributed by atoms with E-state index in [0.29, 0.717) is 21.5 Å². The molecule has 10 nitrogen and oxygen atoms in total. The maximum Gasteiger partial charge on any atom is 0.409 e. The van der Waals surface area contributed by atoms with Crippen LogP contribution in [0.1, 0.15) is 55.7 Å². The lowest BCUT2D eigenvalue weighted by molar-refractivity contribution is -0.162. The monoisotopic (exact) mass is 572 g/mol. The molecule has 0 amide bonds. The van der Waals surface area contributed by atoms with Gasteiger partial charge >= 0.3 is 6.18 Å². The molecule has 0 saturated heterocycles. The molecule has 0 radical (unpaired) electrons. The summed E-state index contributed by atoms with van der Waals surface area (Å²) in [4.78, 5) is 40.8. The van der Waals surface area contributed by atoms with Gasteiger partial charge in [-0.1, -0.05) is 6.92 Å². The van der Waals surface area contributed by atoms with Crippen molar-refractivity contribution in [2.24, 2.45) is 0 Å². The molecule has 1 atom stereocenters. The molecule has 14 heteroatoms. The summed E-state index contributed by atoms with van der Waals surface area (Å²) < 4.78 is 48.2. The third-order valence-electron chi connectivity index (χ3n) is 6.54. The predicted octanol–water partition coefficient (Wildman–Crippen LogP) is 5.08. The lowest BCUT2D eigenvalue weighted by atomic mass is 10.1. The van der Waals surface area contributed by atoms with E-state index in [1.807, 2.05) is 13.0 Å². The summed E-state index contributed by atoms with van der Waals surface area (Å²) in [6.07, 6.45) is 0.161. The number of methoxy groups -OCH3 is 1. The molecule has 0 aromatic carbocycles. The van der Waals surface area contributed by atoms with Gasteiger partial charge in [0.1, 0.15) is 23.4 Å². The molecule has 40 heavy (non-hydrogen) atoms. The number of hydrogen-bond donors (Lipinski definition) is 1. The highest BCUT2D eigenvalue weighted by molar-refractivity contribution is 7.99. The van der Waals surface area contributed by atoms with Crippen LogP contribution in [0.3, 0.4) is 0 Å². The molecule has 0 aliphatic heterocycles. The third kappa shape index (κ3) is 5.44. The minimum Gasteiger partial charge on any atom is -0.480 e. The number of thioether (sulfide) groups is 1. The maximum absolute atomic E-state index is 14.1. The number of nitrogens with zero attached hydrogens (tertiary/aromatic N) is 7. The fourth-order valence-corrected chi connectivity index (χ4v) is 4.93. The van der Waals surface area contributed by atoms with Crippen molar-refractivity contribution in [3.63, 3.8) is 0 Å². The highest BCUT2D eigenvalue weighted by atomic mass is 32.2. The molecular formula is C26H27F3N8O2S. The van der Waals surface area contributed by atoms with Gasteiger partial charge < -0.3 is 10.1 Å². The number of pyridine rings is 1. The van der Waals surface area contributed by atoms with E-state index in [1.54, 1.807) is 30.9 Å². The molecule has 1 N–H and O–H groups in total. The summed E-state index contributed by atoms with van der Waals surface area (Å²) in [7, 11) is 1.43. The smallest absolute Gasteiger partial charge is 0.409 e. The van der Waals surface area contributed by atoms with E-state index in [0.717, 1.165) is 30.4 Å². The second kappa shape index (κ2) is 11.0. The van der Waals surface area contributed by atoms with E-state index in [-0.39, 0.29) is 46.8 Å². The van der Waals surface area contributed by atoms with Crippen LogP contribution in [0.15, 0.2) is 34.3 Å². The van der Waals surface area contributed by atoms with Gasteiger partial charge in [0.05, 0.1) is 30.7 Å². The van der Waals surface area contributed by atoms with Crippen molar-refractivity contribution in [3.05, 3.63) is 52.1 Å². The van der Waals surface area contributed by atoms with Gasteiger partial charge in [0.2, 0.25) is 5.88 Å². The van der Waals surface area contributed by atoms with Crippen LogP contribution in [0.25, 0.3) is 22.6 Å². The summed E-state index contributed by atoms with van der Waals surface area (Å²) in [5.74, 6) is 1.07. The average molecular weight is 573 g/mol. The first-order valence-electron chi connectivity index (χ1n) is 12.7. The summed E-state index contributed by atoms with van der Waals surface area (Å²) >= 11 is 1.63. The Kier molecular flexibility index (Phi) is 7.62. The fourth-order valence-electron chi connectivity index (χ4n) is 4.31. The van der Waals surface area contributed by atoms with E-state index < -0.39 is 17.8 Å². The quantitative estimate of drug-likeness (QED) is 0.272. The molecule has 5 rings (SSSR count). The van der Waals surface area contributed by atoms with Crippen molar-refractivity contribution in [2.45, 2.75) is 63.2 Å². The number of ether oxygens (including phenoxy) is 1. The first-order chi connectivity index (χ1) is 19.1. The average Bonchev–Trinajstić information content (AvgIpc) is 3.77. The number of rotatable bonds is 9. The van der Waals surface area contributed by atoms with Crippen molar-refractivity contribution < 1.29 is 17.9 Å². The number of alkyl halides is 3. The van der Waals surface area contributed by atoms with Crippen LogP contribution in [-0.4, -0.2) is 53.5 Å². The zero-order valence-corrected chi connectivity index (χ0v) is 23.1. The second-order valence-electron chi connectivity index (χ2n) is 9.35. The number of fused-ring (bicyclic) bond motifs is 1. The molecule has 1 aliphatic carbocycles. The highest BCUT2D eigenvalue weighted by Gasteiger charge is 2.40. The van der Waals surface area contributed by atoms with Gasteiger partial charge in [-0.2, -0.15) is 13.2 Å². The van der Waals surface area contributed by atoms with E-state index >= 15 is 0 Å². The zero-order chi connectivity index (χ0) is 28.6. The number of aromatic nitrogens is 7. The molecule has 210 valence electrons. The normalized spacial score (nSPS) is 14.4. The van der Waals surface area contributed by atoms with Crippen molar-refractivity contribution >= 4 is 28.7 Å². The number of hydrogen-bond acceptors (Lipinski definition) is 10. The van der Waals surface area contributed by atoms with E-state index in [4.69, 9.17) is 4.74 Å². The fraction of sp³-hybridized carbons (Fsp3) is 0.423. The lowest BCUT2D eigenvalue weighted by Gasteiger charge is -2.22. The first-order valence-corrected chi connectivity index (χ1v) is 13.7. The minimum atomic E-state index is -4.73. The van der Waals surface area contributed by atoms with E-state index in [1.165, 1.54) is 13.4 Å². The van der Waals surface area contributed by atoms with Crippen LogP contribution in [0, 0.1) is 6.92 Å². The van der Waals surface area contributed by atoms with Gasteiger partial charge in [0.25, 0.3) is 5.56 Å². The SMILES string of the molecule is CCSc1ccc(CNc2nc3c(C)nc(-c4c(OC)ncnc4C4CC4)nc3n([C@@H](C)C(F)(F)F)c2=O)nc1. The predicted molar refractivity (Wildman–Crippen MR) is 145 cm³/mol. The molecule has 0 bridgehead atoms. The van der Waals surface area contributed by atoms with Crippen LogP contribution in [-0.2, 0) is 6.54 Å².